The van der Waals surface area contributed by atoms with E-state index in [0.717, 1.165) is 0 Å². The number of carbonyl (C=O) groups is 1. The molecule has 21 N–H and O–H groups in total. The van der Waals surface area contributed by atoms with Gasteiger partial charge in [-0.15, -0.1) is 5.73 Å². The summed E-state index contributed by atoms with van der Waals surface area (Å²) in [4.78, 5) is 13.1. The number of nitrogens with one attached hydrogen (secondary N) is 1. The van der Waals surface area contributed by atoms with Gasteiger partial charge in [0, 0.05) is 6.54 Å². The van der Waals surface area contributed by atoms with Crippen molar-refractivity contribution in [2.45, 2.75) is 215 Å². The normalized spacial score (nSPS) is 52.1. The Hall–Kier alpha value is -2.63. The van der Waals surface area contributed by atoms with E-state index in [2.05, 4.69) is 11.0 Å². The second kappa shape index (κ2) is 28.0. The van der Waals surface area contributed by atoms with Crippen molar-refractivity contribution in [1.29, 1.82) is 0 Å². The zero-order valence-corrected chi connectivity index (χ0v) is 44.0. The molecule has 0 radical (unpaired) electrons. The van der Waals surface area contributed by atoms with Crippen molar-refractivity contribution in [3.63, 3.8) is 0 Å². The molecule has 21 heterocycles. The Morgan fingerprint density at radius 1 is 0.321 bits per heavy atom. The first-order chi connectivity index (χ1) is 40.1. The molecule has 1 amide bonds. The lowest BCUT2D eigenvalue weighted by atomic mass is 9.95. The number of rotatable bonds is 9. The summed E-state index contributed by atoms with van der Waals surface area (Å²) >= 11 is 0. The molecule has 22 rings (SSSR count). The molecule has 0 saturated carbocycles. The van der Waals surface area contributed by atoms with Crippen LogP contribution in [0.2, 0.25) is 0 Å². The van der Waals surface area contributed by atoms with Gasteiger partial charge in [-0.1, -0.05) is 6.08 Å². The fourth-order valence-corrected chi connectivity index (χ4v) is 11.2. The summed E-state index contributed by atoms with van der Waals surface area (Å²) in [5.41, 5.74) is 2.70. The van der Waals surface area contributed by atoms with Crippen LogP contribution in [0.25, 0.3) is 0 Å². The Morgan fingerprint density at radius 3 is 0.714 bits per heavy atom. The first kappa shape index (κ1) is 65.8. The first-order valence-corrected chi connectivity index (χ1v) is 26.9. The third kappa shape index (κ3) is 13.0. The molecule has 0 aromatic rings. The van der Waals surface area contributed by atoms with E-state index >= 15 is 0 Å². The molecule has 84 heavy (non-hydrogen) atoms. The molecule has 21 saturated heterocycles. The molecule has 0 aromatic heterocycles. The van der Waals surface area contributed by atoms with E-state index in [-0.39, 0.29) is 5.57 Å². The van der Waals surface area contributed by atoms with Crippen LogP contribution >= 0.6 is 0 Å². The number of aliphatic hydroxyl groups is 20. The van der Waals surface area contributed by atoms with Gasteiger partial charge in [-0.25, -0.2) is 0 Å². The van der Waals surface area contributed by atoms with Crippen molar-refractivity contribution < 1.29 is 173 Å². The van der Waals surface area contributed by atoms with Crippen LogP contribution in [0.4, 0.5) is 0 Å². The van der Waals surface area contributed by atoms with E-state index < -0.39 is 267 Å². The van der Waals surface area contributed by atoms with Gasteiger partial charge in [-0.2, -0.15) is 0 Å². The predicted octanol–water partition coefficient (Wildman–Crippen LogP) is -14.5. The second-order valence-corrected chi connectivity index (χ2v) is 21.3. The summed E-state index contributed by atoms with van der Waals surface area (Å²) in [6.45, 7) is -7.00. The third-order valence-electron chi connectivity index (χ3n) is 15.9. The summed E-state index contributed by atoms with van der Waals surface area (Å²) in [5.74, 6) is -0.755. The van der Waals surface area contributed by atoms with Gasteiger partial charge >= 0.3 is 0 Å². The Kier molecular flexibility index (Phi) is 22.0. The van der Waals surface area contributed by atoms with Crippen LogP contribution in [0.15, 0.2) is 29.5 Å². The largest absolute Gasteiger partial charge is 0.394 e. The average Bonchev–Trinajstić information content (AvgIpc) is 3.80. The Labute approximate surface area is 474 Å². The first-order valence-electron chi connectivity index (χ1n) is 26.9. The number of carbonyl (C=O) groups excluding carboxylic acids is 1. The molecule has 35 atom stereocenters. The number of allylic oxidation sites excluding steroid dienone is 1. The minimum Gasteiger partial charge on any atom is -0.394 e. The topological polar surface area (TPSA) is 563 Å². The highest BCUT2D eigenvalue weighted by Crippen LogP contribution is 2.39. The lowest BCUT2D eigenvalue weighted by Crippen LogP contribution is -2.68. The summed E-state index contributed by atoms with van der Waals surface area (Å²) < 4.78 is 80.8. The zero-order chi connectivity index (χ0) is 60.7. The summed E-state index contributed by atoms with van der Waals surface area (Å²) in [6.07, 6.45) is -66.7. The van der Waals surface area contributed by atoms with Crippen molar-refractivity contribution in [1.82, 2.24) is 5.32 Å². The smallest absolute Gasteiger partial charge is 0.259 e. The lowest BCUT2D eigenvalue weighted by Gasteiger charge is -2.50. The van der Waals surface area contributed by atoms with Crippen LogP contribution in [-0.2, 0) is 71.1 Å². The standard InChI is InChI=1S/C48H73NO35/c50-6-14-35-22(58)29(65)44(73-14)81-37-16(8-52)75-46(31(67)24(37)60)83-39-18(10-54)77-48(33(69)26(39)62)84-40-19(11-55)76-47(32(68)25(40)61)82-38-17(9-53)74-45(30(66)23(38)59)80-36-15(7-51)72-43(28(64)21(36)57)78-34-13(71-42(79-35)27(63)20(34)56)5-49-41(70)12-3-1-2-4-12/h1-3,13-40,42-48,50-69H,5-11H2,(H,49,70)/t13-,14-,15-,16-,17-,18-,19-,20-,21-,22-,23-,24-,25-,26-,27-,28-,29-,30-,31-,32-,33-,34-,35-,36-,37-,38-,39-,40-,42-,43-,44-,45-,46-,47-,48-/m1/s1. The van der Waals surface area contributed by atoms with Gasteiger partial charge in [0.25, 0.3) is 5.91 Å². The van der Waals surface area contributed by atoms with Gasteiger partial charge in [0.1, 0.15) is 171 Å². The maximum absolute atomic E-state index is 13.1. The fraction of sp³-hybridized carbons (Fsp3) is 0.875. The molecular weight excluding hydrogens is 1150 g/mol. The number of aliphatic hydroxyl groups excluding tert-OH is 20. The van der Waals surface area contributed by atoms with Gasteiger partial charge in [-0.3, -0.25) is 4.79 Å². The molecule has 0 spiro atoms. The fourth-order valence-electron chi connectivity index (χ4n) is 11.2. The molecule has 22 aliphatic rings. The third-order valence-corrected chi connectivity index (χ3v) is 15.9. The van der Waals surface area contributed by atoms with Crippen molar-refractivity contribution >= 4 is 5.91 Å². The van der Waals surface area contributed by atoms with Crippen LogP contribution in [0.5, 0.6) is 0 Å². The molecule has 36 heteroatoms. The van der Waals surface area contributed by atoms with Gasteiger partial charge in [-0.05, 0) is 12.2 Å². The van der Waals surface area contributed by atoms with Crippen LogP contribution in [-0.4, -0.2) is 369 Å². The minimum absolute atomic E-state index is 0.0287. The molecule has 0 unspecified atom stereocenters. The highest BCUT2D eigenvalue weighted by Gasteiger charge is 2.59. The zero-order valence-electron chi connectivity index (χ0n) is 44.0. The molecule has 480 valence electrons. The van der Waals surface area contributed by atoms with E-state index in [1.54, 1.807) is 0 Å². The van der Waals surface area contributed by atoms with E-state index in [9.17, 15) is 107 Å². The Morgan fingerprint density at radius 2 is 0.524 bits per heavy atom. The van der Waals surface area contributed by atoms with Gasteiger partial charge in [0.15, 0.2) is 44.0 Å². The maximum atomic E-state index is 13.1. The Bertz CT molecular complexity index is 2240. The predicted molar refractivity (Wildman–Crippen MR) is 255 cm³/mol. The summed E-state index contributed by atoms with van der Waals surface area (Å²) in [6, 6.07) is 0. The van der Waals surface area contributed by atoms with E-state index in [4.69, 9.17) is 66.3 Å². The minimum atomic E-state index is -2.25. The summed E-state index contributed by atoms with van der Waals surface area (Å²) in [5, 5.41) is 225. The van der Waals surface area contributed by atoms with Crippen LogP contribution in [0.3, 0.4) is 0 Å². The highest BCUT2D eigenvalue weighted by atomic mass is 16.8. The highest BCUT2D eigenvalue weighted by molar-refractivity contribution is 5.96. The van der Waals surface area contributed by atoms with Crippen LogP contribution in [0.1, 0.15) is 0 Å². The molecular formula is C48H73NO35. The van der Waals surface area contributed by atoms with Crippen LogP contribution < -0.4 is 5.32 Å². The average molecular weight is 1220 g/mol. The molecule has 14 bridgehead atoms. The number of hydrogen-bond acceptors (Lipinski definition) is 35. The number of ether oxygens (including phenoxy) is 14. The van der Waals surface area contributed by atoms with E-state index in [0.29, 0.717) is 0 Å². The van der Waals surface area contributed by atoms with E-state index in [1.165, 1.54) is 18.2 Å². The molecule has 36 nitrogen and oxygen atoms in total. The Balaban J connectivity index is 1.01. The number of amides is 1. The van der Waals surface area contributed by atoms with Crippen LogP contribution in [0, 0.1) is 0 Å². The number of hydrogen-bond donors (Lipinski definition) is 21. The molecule has 0 aromatic carbocycles. The molecule has 21 aliphatic heterocycles. The van der Waals surface area contributed by atoms with Gasteiger partial charge in [0.05, 0.1) is 45.2 Å². The van der Waals surface area contributed by atoms with Crippen molar-refractivity contribution in [3.8, 4) is 0 Å². The van der Waals surface area contributed by atoms with Gasteiger partial charge < -0.3 is 174 Å². The molecule has 21 fully saturated rings. The van der Waals surface area contributed by atoms with Crippen molar-refractivity contribution in [2.75, 3.05) is 46.2 Å². The SMILES string of the molecule is O=C(NC[C@H]1O[C@@H]2O[C@H]3[C@H](O)[C@@H](O)[C@@H](O[C@H]4[C@H](O)[C@@H](O)[C@@H](O[C@H]5[C@H](O)[C@@H](O)[C@@H](O[C@H]6[C@H](O)[C@@H](O)[C@@H](O[C@H]7[C@H](O)[C@@H](O)[C@@H](O[C@H]8[C@H](O)[C@@H](O)[C@@H](O[C@H]1[C@H](O)[C@H]2O)O[C@@H]8CO)O[C@@H]7CO)O[C@@H]6CO)O[C@@H]5CO)O[C@@H]4CO)O[C@@H]3CO)C1=C=CC=C1. The quantitative estimate of drug-likeness (QED) is 0.0953. The molecule has 1 aliphatic carbocycles. The van der Waals surface area contributed by atoms with Crippen molar-refractivity contribution in [3.05, 3.63) is 29.5 Å². The van der Waals surface area contributed by atoms with E-state index in [1.807, 2.05) is 0 Å². The lowest BCUT2D eigenvalue weighted by molar-refractivity contribution is -0.396. The van der Waals surface area contributed by atoms with Gasteiger partial charge in [0.2, 0.25) is 0 Å². The van der Waals surface area contributed by atoms with Crippen molar-refractivity contribution in [2.24, 2.45) is 0 Å². The monoisotopic (exact) mass is 1220 g/mol. The summed E-state index contributed by atoms with van der Waals surface area (Å²) in [7, 11) is 0. The second-order valence-electron chi connectivity index (χ2n) is 21.3. The maximum Gasteiger partial charge on any atom is 0.259 e.